The van der Waals surface area contributed by atoms with Crippen LogP contribution in [0.5, 0.6) is 0 Å². The fourth-order valence-corrected chi connectivity index (χ4v) is 3.36. The number of hydrogen-bond donors (Lipinski definition) is 0. The standard InChI is InChI=1S/C20H19ClN4O/c21-18-7-4-8-19(22-18)24-11-13-25(14-12-24)20(26)16-5-3-6-17(15-16)23-9-1-2-10-23/h1-10,15H,11-14H2. The van der Waals surface area contributed by atoms with Crippen LogP contribution in [0.1, 0.15) is 10.4 Å². The molecule has 3 heterocycles. The van der Waals surface area contributed by atoms with E-state index < -0.39 is 0 Å². The number of carbonyl (C=O) groups excluding carboxylic acids is 1. The Balaban J connectivity index is 1.45. The third-order valence-corrected chi connectivity index (χ3v) is 4.80. The molecule has 2 aromatic heterocycles. The normalized spacial score (nSPS) is 14.5. The number of hydrogen-bond acceptors (Lipinski definition) is 3. The Morgan fingerprint density at radius 2 is 1.65 bits per heavy atom. The van der Waals surface area contributed by atoms with Crippen molar-refractivity contribution >= 4 is 23.3 Å². The molecule has 0 radical (unpaired) electrons. The fourth-order valence-electron chi connectivity index (χ4n) is 3.20. The summed E-state index contributed by atoms with van der Waals surface area (Å²) in [4.78, 5) is 21.3. The molecule has 0 bridgehead atoms. The number of rotatable bonds is 3. The molecule has 1 aromatic carbocycles. The molecule has 1 aliphatic heterocycles. The van der Waals surface area contributed by atoms with Crippen molar-refractivity contribution < 1.29 is 4.79 Å². The third kappa shape index (κ3) is 3.44. The van der Waals surface area contributed by atoms with Crippen LogP contribution in [0.2, 0.25) is 5.15 Å². The maximum Gasteiger partial charge on any atom is 0.254 e. The molecule has 132 valence electrons. The topological polar surface area (TPSA) is 41.4 Å². The van der Waals surface area contributed by atoms with Gasteiger partial charge in [0, 0.05) is 49.8 Å². The summed E-state index contributed by atoms with van der Waals surface area (Å²) in [6.07, 6.45) is 3.95. The number of pyridine rings is 1. The van der Waals surface area contributed by atoms with Gasteiger partial charge in [-0.1, -0.05) is 23.7 Å². The number of anilines is 1. The van der Waals surface area contributed by atoms with E-state index >= 15 is 0 Å². The lowest BCUT2D eigenvalue weighted by atomic mass is 10.1. The van der Waals surface area contributed by atoms with Crippen LogP contribution < -0.4 is 4.90 Å². The maximum absolute atomic E-state index is 12.9. The molecule has 3 aromatic rings. The number of piperazine rings is 1. The minimum absolute atomic E-state index is 0.0673. The van der Waals surface area contributed by atoms with E-state index in [1.807, 2.05) is 70.4 Å². The van der Waals surface area contributed by atoms with E-state index in [-0.39, 0.29) is 5.91 Å². The van der Waals surface area contributed by atoms with Crippen molar-refractivity contribution in [2.45, 2.75) is 0 Å². The van der Waals surface area contributed by atoms with Gasteiger partial charge in [0.25, 0.3) is 5.91 Å². The van der Waals surface area contributed by atoms with Gasteiger partial charge in [0.05, 0.1) is 0 Å². The fraction of sp³-hybridized carbons (Fsp3) is 0.200. The average Bonchev–Trinajstić information content (AvgIpc) is 3.23. The van der Waals surface area contributed by atoms with Crippen LogP contribution in [-0.4, -0.2) is 46.5 Å². The van der Waals surface area contributed by atoms with Crippen molar-refractivity contribution in [3.05, 3.63) is 77.7 Å². The molecule has 1 amide bonds. The second-order valence-corrected chi connectivity index (χ2v) is 6.63. The van der Waals surface area contributed by atoms with Gasteiger partial charge in [0.1, 0.15) is 11.0 Å². The first-order chi connectivity index (χ1) is 12.7. The summed E-state index contributed by atoms with van der Waals surface area (Å²) < 4.78 is 2.00. The number of carbonyl (C=O) groups is 1. The highest BCUT2D eigenvalue weighted by atomic mass is 35.5. The van der Waals surface area contributed by atoms with Crippen LogP contribution in [-0.2, 0) is 0 Å². The van der Waals surface area contributed by atoms with Crippen LogP contribution in [0.3, 0.4) is 0 Å². The molecule has 26 heavy (non-hydrogen) atoms. The molecule has 0 spiro atoms. The molecule has 6 heteroatoms. The van der Waals surface area contributed by atoms with E-state index in [1.165, 1.54) is 0 Å². The van der Waals surface area contributed by atoms with Crippen molar-refractivity contribution in [1.29, 1.82) is 0 Å². The van der Waals surface area contributed by atoms with Crippen LogP contribution in [0.25, 0.3) is 5.69 Å². The smallest absolute Gasteiger partial charge is 0.254 e. The highest BCUT2D eigenvalue weighted by molar-refractivity contribution is 6.29. The van der Waals surface area contributed by atoms with Gasteiger partial charge in [0.15, 0.2) is 0 Å². The summed E-state index contributed by atoms with van der Waals surface area (Å²) in [5.74, 6) is 0.928. The summed E-state index contributed by atoms with van der Waals surface area (Å²) in [7, 11) is 0. The van der Waals surface area contributed by atoms with E-state index in [0.717, 1.165) is 24.6 Å². The van der Waals surface area contributed by atoms with E-state index in [1.54, 1.807) is 6.07 Å². The Kier molecular flexibility index (Phi) is 4.63. The molecular formula is C20H19ClN4O. The van der Waals surface area contributed by atoms with Gasteiger partial charge in [-0.05, 0) is 42.5 Å². The second-order valence-electron chi connectivity index (χ2n) is 6.24. The zero-order valence-corrected chi connectivity index (χ0v) is 15.0. The second kappa shape index (κ2) is 7.22. The molecule has 0 aliphatic carbocycles. The lowest BCUT2D eigenvalue weighted by Crippen LogP contribution is -2.49. The van der Waals surface area contributed by atoms with E-state index in [0.29, 0.717) is 23.8 Å². The third-order valence-electron chi connectivity index (χ3n) is 4.59. The van der Waals surface area contributed by atoms with Gasteiger partial charge < -0.3 is 14.4 Å². The molecule has 4 rings (SSSR count). The minimum atomic E-state index is 0.0673. The molecule has 1 saturated heterocycles. The van der Waals surface area contributed by atoms with E-state index in [9.17, 15) is 4.79 Å². The van der Waals surface area contributed by atoms with Gasteiger partial charge in [-0.25, -0.2) is 4.98 Å². The lowest BCUT2D eigenvalue weighted by molar-refractivity contribution is 0.0746. The molecular weight excluding hydrogens is 348 g/mol. The zero-order valence-electron chi connectivity index (χ0n) is 14.3. The van der Waals surface area contributed by atoms with Gasteiger partial charge in [-0.2, -0.15) is 0 Å². The molecule has 0 saturated carbocycles. The molecule has 1 fully saturated rings. The Morgan fingerprint density at radius 3 is 2.38 bits per heavy atom. The van der Waals surface area contributed by atoms with Crippen LogP contribution in [0.15, 0.2) is 67.0 Å². The van der Waals surface area contributed by atoms with Gasteiger partial charge in [-0.15, -0.1) is 0 Å². The lowest BCUT2D eigenvalue weighted by Gasteiger charge is -2.35. The molecule has 0 N–H and O–H groups in total. The predicted octanol–water partition coefficient (Wildman–Crippen LogP) is 3.49. The molecule has 5 nitrogen and oxygen atoms in total. The summed E-state index contributed by atoms with van der Waals surface area (Å²) in [5, 5.41) is 0.489. The molecule has 1 aliphatic rings. The van der Waals surface area contributed by atoms with Crippen LogP contribution in [0, 0.1) is 0 Å². The van der Waals surface area contributed by atoms with Crippen molar-refractivity contribution in [1.82, 2.24) is 14.5 Å². The highest BCUT2D eigenvalue weighted by Crippen LogP contribution is 2.18. The molecule has 0 unspecified atom stereocenters. The first kappa shape index (κ1) is 16.7. The van der Waals surface area contributed by atoms with Gasteiger partial charge in [-0.3, -0.25) is 4.79 Å². The van der Waals surface area contributed by atoms with Crippen molar-refractivity contribution in [2.24, 2.45) is 0 Å². The highest BCUT2D eigenvalue weighted by Gasteiger charge is 2.23. The number of amides is 1. The monoisotopic (exact) mass is 366 g/mol. The van der Waals surface area contributed by atoms with Gasteiger partial charge >= 0.3 is 0 Å². The minimum Gasteiger partial charge on any atom is -0.353 e. The largest absolute Gasteiger partial charge is 0.353 e. The molecule has 0 atom stereocenters. The Morgan fingerprint density at radius 1 is 0.923 bits per heavy atom. The quantitative estimate of drug-likeness (QED) is 0.666. The number of aromatic nitrogens is 2. The van der Waals surface area contributed by atoms with Crippen LogP contribution >= 0.6 is 11.6 Å². The van der Waals surface area contributed by atoms with Gasteiger partial charge in [0.2, 0.25) is 0 Å². The first-order valence-electron chi connectivity index (χ1n) is 8.61. The van der Waals surface area contributed by atoms with Crippen molar-refractivity contribution in [3.8, 4) is 5.69 Å². The Hall–Kier alpha value is -2.79. The summed E-state index contributed by atoms with van der Waals surface area (Å²) in [6.45, 7) is 2.83. The first-order valence-corrected chi connectivity index (χ1v) is 8.99. The predicted molar refractivity (Wildman–Crippen MR) is 103 cm³/mol. The average molecular weight is 367 g/mol. The summed E-state index contributed by atoms with van der Waals surface area (Å²) in [5.41, 5.74) is 1.70. The van der Waals surface area contributed by atoms with E-state index in [2.05, 4.69) is 9.88 Å². The Labute approximate surface area is 157 Å². The number of benzene rings is 1. The number of halogens is 1. The zero-order chi connectivity index (χ0) is 17.9. The maximum atomic E-state index is 12.9. The van der Waals surface area contributed by atoms with Crippen LogP contribution in [0.4, 0.5) is 5.82 Å². The Bertz CT molecular complexity index is 902. The van der Waals surface area contributed by atoms with Crippen molar-refractivity contribution in [3.63, 3.8) is 0 Å². The van der Waals surface area contributed by atoms with Crippen molar-refractivity contribution in [2.75, 3.05) is 31.1 Å². The SMILES string of the molecule is O=C(c1cccc(-n2cccc2)c1)N1CCN(c2cccc(Cl)n2)CC1. The summed E-state index contributed by atoms with van der Waals surface area (Å²) >= 11 is 5.98. The van der Waals surface area contributed by atoms with E-state index in [4.69, 9.17) is 11.6 Å². The number of nitrogens with zero attached hydrogens (tertiary/aromatic N) is 4. The summed E-state index contributed by atoms with van der Waals surface area (Å²) in [6, 6.07) is 17.3.